The number of halogens is 3. The predicted molar refractivity (Wildman–Crippen MR) is 136 cm³/mol. The lowest BCUT2D eigenvalue weighted by atomic mass is 10.1. The average molecular weight is 632 g/mol. The number of hydrazone groups is 1. The third kappa shape index (κ3) is 5.53. The zero-order valence-electron chi connectivity index (χ0n) is 16.8. The first-order valence-corrected chi connectivity index (χ1v) is 11.9. The number of hydrogen-bond acceptors (Lipinski definition) is 5. The van der Waals surface area contributed by atoms with Crippen molar-refractivity contribution in [3.05, 3.63) is 96.5 Å². The number of carbonyl (C=O) groups excluding carboxylic acids is 1. The van der Waals surface area contributed by atoms with E-state index in [-0.39, 0.29) is 12.4 Å². The second-order valence-corrected chi connectivity index (χ2v) is 9.49. The van der Waals surface area contributed by atoms with E-state index in [4.69, 9.17) is 9.15 Å². The quantitative estimate of drug-likeness (QED) is 0.185. The molecule has 0 fully saturated rings. The summed E-state index contributed by atoms with van der Waals surface area (Å²) in [7, 11) is 0. The summed E-state index contributed by atoms with van der Waals surface area (Å²) in [6.45, 7) is 0.274. The highest BCUT2D eigenvalue weighted by Gasteiger charge is 2.14. The van der Waals surface area contributed by atoms with Gasteiger partial charge in [-0.2, -0.15) is 10.4 Å². The maximum absolute atomic E-state index is 12.4. The molecule has 9 heteroatoms. The summed E-state index contributed by atoms with van der Waals surface area (Å²) >= 11 is 10.3. The average Bonchev–Trinajstić information content (AvgIpc) is 3.23. The van der Waals surface area contributed by atoms with Crippen LogP contribution < -0.4 is 10.2 Å². The topological polar surface area (TPSA) is 87.6 Å². The molecule has 0 saturated carbocycles. The molecule has 33 heavy (non-hydrogen) atoms. The molecule has 0 aliphatic carbocycles. The number of nitrogens with zero attached hydrogens (tertiary/aromatic N) is 2. The largest absolute Gasteiger partial charge is 0.488 e. The molecular formula is C24H14Br3N3O3. The van der Waals surface area contributed by atoms with Crippen molar-refractivity contribution in [1.82, 2.24) is 5.43 Å². The molecule has 6 nitrogen and oxygen atoms in total. The van der Waals surface area contributed by atoms with E-state index in [0.29, 0.717) is 16.9 Å². The van der Waals surface area contributed by atoms with Crippen LogP contribution in [-0.2, 0) is 6.61 Å². The van der Waals surface area contributed by atoms with Crippen LogP contribution in [0.4, 0.5) is 0 Å². The molecule has 1 aromatic heterocycles. The Bertz CT molecular complexity index is 1420. The fraction of sp³-hybridized carbons (Fsp3) is 0.0417. The number of nitrogens with one attached hydrogen (secondary N) is 1. The Kier molecular flexibility index (Phi) is 7.28. The van der Waals surface area contributed by atoms with Crippen molar-refractivity contribution in [3.63, 3.8) is 0 Å². The molecule has 0 spiro atoms. The summed E-state index contributed by atoms with van der Waals surface area (Å²) < 4.78 is 13.8. The number of furan rings is 1. The lowest BCUT2D eigenvalue weighted by Gasteiger charge is -2.09. The summed E-state index contributed by atoms with van der Waals surface area (Å²) in [4.78, 5) is 12.4. The number of nitriles is 1. The zero-order chi connectivity index (χ0) is 23.4. The minimum atomic E-state index is -0.458. The van der Waals surface area contributed by atoms with Crippen molar-refractivity contribution in [3.8, 4) is 11.8 Å². The number of fused-ring (bicyclic) bond motifs is 1. The second-order valence-electron chi connectivity index (χ2n) is 6.86. The van der Waals surface area contributed by atoms with Crippen molar-refractivity contribution in [1.29, 1.82) is 5.26 Å². The molecule has 0 aliphatic heterocycles. The Morgan fingerprint density at radius 1 is 1.09 bits per heavy atom. The van der Waals surface area contributed by atoms with Gasteiger partial charge in [0.25, 0.3) is 0 Å². The number of carbonyl (C=O) groups is 1. The maximum Gasteiger partial charge on any atom is 0.307 e. The van der Waals surface area contributed by atoms with Crippen LogP contribution in [0.3, 0.4) is 0 Å². The third-order valence-electron chi connectivity index (χ3n) is 4.62. The monoisotopic (exact) mass is 629 g/mol. The number of hydrogen-bond donors (Lipinski definition) is 1. The number of amides is 1. The van der Waals surface area contributed by atoms with Gasteiger partial charge in [0.05, 0.1) is 26.8 Å². The SMILES string of the molecule is N#Cc1ccccc1COc1ccc(/C=N\NC(=O)c2cc3cc(Br)cc(Br)c3o2)cc1Br. The number of ether oxygens (including phenoxy) is 1. The highest BCUT2D eigenvalue weighted by molar-refractivity contribution is 9.11. The third-order valence-corrected chi connectivity index (χ3v) is 6.28. The molecule has 0 radical (unpaired) electrons. The maximum atomic E-state index is 12.4. The molecule has 4 aromatic rings. The molecule has 1 heterocycles. The van der Waals surface area contributed by atoms with Gasteiger partial charge in [-0.3, -0.25) is 4.79 Å². The van der Waals surface area contributed by atoms with Gasteiger partial charge in [-0.1, -0.05) is 34.1 Å². The Balaban J connectivity index is 1.39. The van der Waals surface area contributed by atoms with E-state index in [1.54, 1.807) is 18.2 Å². The first kappa shape index (κ1) is 23.2. The van der Waals surface area contributed by atoms with Gasteiger partial charge in [0.2, 0.25) is 0 Å². The van der Waals surface area contributed by atoms with Gasteiger partial charge in [0, 0.05) is 15.4 Å². The summed E-state index contributed by atoms with van der Waals surface area (Å²) in [6, 6.07) is 20.2. The standard InChI is InChI=1S/C24H14Br3N3O3/c25-18-8-17-9-22(33-23(17)20(27)10-18)24(31)30-29-12-14-5-6-21(19(26)7-14)32-13-16-4-2-1-3-15(16)11-28/h1-10,12H,13H2,(H,30,31)/b29-12-. The highest BCUT2D eigenvalue weighted by atomic mass is 79.9. The van der Waals surface area contributed by atoms with E-state index >= 15 is 0 Å². The lowest BCUT2D eigenvalue weighted by Crippen LogP contribution is -2.16. The lowest BCUT2D eigenvalue weighted by molar-refractivity contribution is 0.0929. The molecule has 0 atom stereocenters. The molecule has 0 bridgehead atoms. The summed E-state index contributed by atoms with van der Waals surface area (Å²) in [5.74, 6) is 0.326. The first-order valence-electron chi connectivity index (χ1n) is 9.57. The van der Waals surface area contributed by atoms with Crippen LogP contribution in [-0.4, -0.2) is 12.1 Å². The molecule has 164 valence electrons. The van der Waals surface area contributed by atoms with E-state index in [0.717, 1.165) is 29.9 Å². The Hall–Kier alpha value is -2.93. The van der Waals surface area contributed by atoms with Crippen LogP contribution in [0.5, 0.6) is 5.75 Å². The molecule has 3 aromatic carbocycles. The summed E-state index contributed by atoms with van der Waals surface area (Å²) in [5, 5.41) is 14.0. The van der Waals surface area contributed by atoms with Crippen LogP contribution in [0.25, 0.3) is 11.0 Å². The second kappa shape index (κ2) is 10.3. The fourth-order valence-corrected chi connectivity index (χ4v) is 4.88. The van der Waals surface area contributed by atoms with Crippen LogP contribution in [0.1, 0.15) is 27.2 Å². The van der Waals surface area contributed by atoms with Gasteiger partial charge in [0.15, 0.2) is 5.76 Å². The number of rotatable bonds is 6. The van der Waals surface area contributed by atoms with E-state index in [2.05, 4.69) is 64.4 Å². The van der Waals surface area contributed by atoms with Gasteiger partial charge in [-0.15, -0.1) is 0 Å². The number of benzene rings is 3. The molecule has 1 N–H and O–H groups in total. The minimum absolute atomic E-state index is 0.156. The van der Waals surface area contributed by atoms with Crippen molar-refractivity contribution < 1.29 is 13.9 Å². The summed E-state index contributed by atoms with van der Waals surface area (Å²) in [5.41, 5.74) is 5.20. The van der Waals surface area contributed by atoms with Gasteiger partial charge in [-0.05, 0) is 79.9 Å². The Labute approximate surface area is 214 Å². The van der Waals surface area contributed by atoms with Crippen molar-refractivity contribution in [2.45, 2.75) is 6.61 Å². The van der Waals surface area contributed by atoms with Crippen LogP contribution in [0, 0.1) is 11.3 Å². The minimum Gasteiger partial charge on any atom is -0.488 e. The molecule has 1 amide bonds. The van der Waals surface area contributed by atoms with E-state index in [1.807, 2.05) is 42.5 Å². The van der Waals surface area contributed by atoms with E-state index in [1.165, 1.54) is 6.21 Å². The smallest absolute Gasteiger partial charge is 0.307 e. The molecule has 4 rings (SSSR count). The van der Waals surface area contributed by atoms with E-state index in [9.17, 15) is 10.1 Å². The van der Waals surface area contributed by atoms with Gasteiger partial charge >= 0.3 is 5.91 Å². The molecular weight excluding hydrogens is 618 g/mol. The Morgan fingerprint density at radius 3 is 2.70 bits per heavy atom. The van der Waals surface area contributed by atoms with Crippen LogP contribution in [0.15, 0.2) is 83.6 Å². The van der Waals surface area contributed by atoms with Gasteiger partial charge in [0.1, 0.15) is 17.9 Å². The first-order chi connectivity index (χ1) is 15.9. The van der Waals surface area contributed by atoms with Crippen LogP contribution in [0.2, 0.25) is 0 Å². The normalized spacial score (nSPS) is 11.0. The molecule has 0 unspecified atom stereocenters. The zero-order valence-corrected chi connectivity index (χ0v) is 21.6. The van der Waals surface area contributed by atoms with Crippen molar-refractivity contribution >= 4 is 70.9 Å². The molecule has 0 aliphatic rings. The van der Waals surface area contributed by atoms with Crippen molar-refractivity contribution in [2.24, 2.45) is 5.10 Å². The van der Waals surface area contributed by atoms with Gasteiger partial charge in [-0.25, -0.2) is 5.43 Å². The highest BCUT2D eigenvalue weighted by Crippen LogP contribution is 2.31. The Morgan fingerprint density at radius 2 is 1.91 bits per heavy atom. The summed E-state index contributed by atoms with van der Waals surface area (Å²) in [6.07, 6.45) is 1.52. The van der Waals surface area contributed by atoms with Crippen LogP contribution >= 0.6 is 47.8 Å². The van der Waals surface area contributed by atoms with E-state index < -0.39 is 5.91 Å². The predicted octanol–water partition coefficient (Wildman–Crippen LogP) is 6.93. The molecule has 0 saturated heterocycles. The fourth-order valence-electron chi connectivity index (χ4n) is 3.03. The van der Waals surface area contributed by atoms with Gasteiger partial charge < -0.3 is 9.15 Å². The van der Waals surface area contributed by atoms with Crippen molar-refractivity contribution in [2.75, 3.05) is 0 Å².